The molecular formula is C36H42FN3O6. The molecule has 3 aromatic carbocycles. The largest absolute Gasteiger partial charge is 0.467 e. The smallest absolute Gasteiger partial charge is 0.408 e. The van der Waals surface area contributed by atoms with Gasteiger partial charge in [-0.3, -0.25) is 9.59 Å². The number of carbonyl (C=O) groups excluding carboxylic acids is 4. The van der Waals surface area contributed by atoms with Gasteiger partial charge in [0.25, 0.3) is 0 Å². The van der Waals surface area contributed by atoms with Gasteiger partial charge in [-0.25, -0.2) is 14.0 Å². The predicted molar refractivity (Wildman–Crippen MR) is 171 cm³/mol. The van der Waals surface area contributed by atoms with Crippen LogP contribution >= 0.6 is 0 Å². The van der Waals surface area contributed by atoms with Crippen LogP contribution in [0.4, 0.5) is 9.18 Å². The number of fused-ring (bicyclic) bond motifs is 1. The first-order valence-corrected chi connectivity index (χ1v) is 15.8. The zero-order valence-corrected chi connectivity index (χ0v) is 26.8. The topological polar surface area (TPSA) is 105 Å². The molecule has 9 nitrogen and oxygen atoms in total. The highest BCUT2D eigenvalue weighted by atomic mass is 19.1. The molecule has 3 unspecified atom stereocenters. The molecule has 0 spiro atoms. The van der Waals surface area contributed by atoms with Crippen molar-refractivity contribution < 1.29 is 33.0 Å². The van der Waals surface area contributed by atoms with E-state index in [4.69, 9.17) is 9.47 Å². The molecule has 2 fully saturated rings. The third kappa shape index (κ3) is 8.21. The monoisotopic (exact) mass is 631 g/mol. The van der Waals surface area contributed by atoms with Gasteiger partial charge in [-0.2, -0.15) is 0 Å². The Labute approximate surface area is 269 Å². The number of rotatable bonds is 10. The van der Waals surface area contributed by atoms with Gasteiger partial charge < -0.3 is 24.6 Å². The maximum absolute atomic E-state index is 14.3. The number of benzene rings is 3. The summed E-state index contributed by atoms with van der Waals surface area (Å²) < 4.78 is 24.3. The third-order valence-corrected chi connectivity index (χ3v) is 8.50. The van der Waals surface area contributed by atoms with E-state index in [1.807, 2.05) is 42.5 Å². The maximum Gasteiger partial charge on any atom is 0.408 e. The van der Waals surface area contributed by atoms with Gasteiger partial charge in [0.15, 0.2) is 0 Å². The minimum absolute atomic E-state index is 0.0790. The summed E-state index contributed by atoms with van der Waals surface area (Å²) >= 11 is 0. The highest BCUT2D eigenvalue weighted by molar-refractivity contribution is 5.94. The molecule has 3 aromatic rings. The van der Waals surface area contributed by atoms with Crippen molar-refractivity contribution in [3.05, 3.63) is 83.7 Å². The molecule has 2 aliphatic rings. The minimum atomic E-state index is -1.06. The van der Waals surface area contributed by atoms with Crippen LogP contribution in [-0.4, -0.2) is 77.6 Å². The summed E-state index contributed by atoms with van der Waals surface area (Å²) in [7, 11) is 1.31. The van der Waals surface area contributed by atoms with E-state index in [9.17, 15) is 23.6 Å². The molecule has 46 heavy (non-hydrogen) atoms. The first-order valence-electron chi connectivity index (χ1n) is 15.8. The molecule has 0 aromatic heterocycles. The Kier molecular flexibility index (Phi) is 9.94. The first-order chi connectivity index (χ1) is 21.9. The summed E-state index contributed by atoms with van der Waals surface area (Å²) in [6.07, 6.45) is 1.95. The van der Waals surface area contributed by atoms with Gasteiger partial charge in [0.1, 0.15) is 29.5 Å². The van der Waals surface area contributed by atoms with E-state index in [0.29, 0.717) is 12.0 Å². The van der Waals surface area contributed by atoms with Gasteiger partial charge in [-0.05, 0) is 67.1 Å². The van der Waals surface area contributed by atoms with Crippen LogP contribution < -0.4 is 5.32 Å². The Morgan fingerprint density at radius 2 is 1.61 bits per heavy atom. The zero-order valence-electron chi connectivity index (χ0n) is 26.8. The second-order valence-electron chi connectivity index (χ2n) is 13.2. The molecule has 1 saturated heterocycles. The number of nitrogens with one attached hydrogen (secondary N) is 1. The standard InChI is InChI=1S/C36H42FN3O6/c1-36(2,3)46-35(44)38-29(20-23-12-15-28(37)16-13-23)32(41)39-17-18-40(33(42)30(39)21-24-9-10-24)31(34(43)45-4)22-25-11-14-26-7-5-6-8-27(26)19-25/h5-8,11-16,19,24,29-31H,9-10,17-18,20-22H2,1-4H3,(H,38,44). The van der Waals surface area contributed by atoms with E-state index in [0.717, 1.165) is 29.2 Å². The molecule has 10 heteroatoms. The van der Waals surface area contributed by atoms with Gasteiger partial charge >= 0.3 is 12.1 Å². The number of esters is 1. The fraction of sp³-hybridized carbons (Fsp3) is 0.444. The fourth-order valence-electron chi connectivity index (χ4n) is 6.03. The number of alkyl carbamates (subject to hydrolysis) is 1. The van der Waals surface area contributed by atoms with Crippen molar-refractivity contribution in [2.24, 2.45) is 5.92 Å². The van der Waals surface area contributed by atoms with Crippen molar-refractivity contribution in [1.29, 1.82) is 0 Å². The van der Waals surface area contributed by atoms with Crippen LogP contribution in [0.1, 0.15) is 51.2 Å². The average Bonchev–Trinajstić information content (AvgIpc) is 3.84. The van der Waals surface area contributed by atoms with Gasteiger partial charge in [0.05, 0.1) is 7.11 Å². The quantitative estimate of drug-likeness (QED) is 0.315. The van der Waals surface area contributed by atoms with Crippen molar-refractivity contribution in [2.75, 3.05) is 20.2 Å². The van der Waals surface area contributed by atoms with Crippen LogP contribution in [0.25, 0.3) is 10.8 Å². The van der Waals surface area contributed by atoms with E-state index >= 15 is 0 Å². The van der Waals surface area contributed by atoms with Crippen molar-refractivity contribution >= 4 is 34.6 Å². The van der Waals surface area contributed by atoms with E-state index in [1.165, 1.54) is 24.1 Å². The molecule has 1 N–H and O–H groups in total. The summed E-state index contributed by atoms with van der Waals surface area (Å²) in [4.78, 5) is 57.6. The molecule has 0 radical (unpaired) electrons. The summed E-state index contributed by atoms with van der Waals surface area (Å²) in [6.45, 7) is 5.46. The molecule has 1 aliphatic carbocycles. The summed E-state index contributed by atoms with van der Waals surface area (Å²) in [5.74, 6) is -1.40. The van der Waals surface area contributed by atoms with Gasteiger partial charge in [-0.1, -0.05) is 67.4 Å². The lowest BCUT2D eigenvalue weighted by Gasteiger charge is -2.44. The number of amides is 3. The molecular weight excluding hydrogens is 589 g/mol. The Morgan fingerprint density at radius 3 is 2.26 bits per heavy atom. The highest BCUT2D eigenvalue weighted by Gasteiger charge is 2.46. The molecule has 1 heterocycles. The van der Waals surface area contributed by atoms with Crippen LogP contribution in [0, 0.1) is 11.7 Å². The normalized spacial score (nSPS) is 18.2. The molecule has 5 rings (SSSR count). The number of carbonyl (C=O) groups is 4. The molecule has 1 saturated carbocycles. The lowest BCUT2D eigenvalue weighted by atomic mass is 9.96. The Bertz CT molecular complexity index is 1580. The van der Waals surface area contributed by atoms with Crippen LogP contribution in [0.5, 0.6) is 0 Å². The summed E-state index contributed by atoms with van der Waals surface area (Å²) in [5.41, 5.74) is 0.734. The average molecular weight is 632 g/mol. The third-order valence-electron chi connectivity index (χ3n) is 8.50. The predicted octanol–water partition coefficient (Wildman–Crippen LogP) is 5.04. The summed E-state index contributed by atoms with van der Waals surface area (Å²) in [5, 5.41) is 4.80. The number of nitrogens with zero attached hydrogens (tertiary/aromatic N) is 2. The molecule has 3 amide bonds. The van der Waals surface area contributed by atoms with E-state index in [1.54, 1.807) is 37.8 Å². The Hall–Kier alpha value is -4.47. The maximum atomic E-state index is 14.3. The number of hydrogen-bond acceptors (Lipinski definition) is 6. The fourth-order valence-corrected chi connectivity index (χ4v) is 6.03. The van der Waals surface area contributed by atoms with Crippen molar-refractivity contribution in [3.63, 3.8) is 0 Å². The van der Waals surface area contributed by atoms with E-state index < -0.39 is 47.5 Å². The minimum Gasteiger partial charge on any atom is -0.467 e. The second kappa shape index (κ2) is 13.9. The van der Waals surface area contributed by atoms with E-state index in [-0.39, 0.29) is 37.8 Å². The first kappa shape index (κ1) is 32.9. The van der Waals surface area contributed by atoms with Crippen LogP contribution in [0.15, 0.2) is 66.7 Å². The molecule has 0 bridgehead atoms. The number of halogens is 1. The van der Waals surface area contributed by atoms with Crippen molar-refractivity contribution in [2.45, 2.75) is 76.6 Å². The number of piperazine rings is 1. The number of methoxy groups -OCH3 is 1. The van der Waals surface area contributed by atoms with Crippen molar-refractivity contribution in [1.82, 2.24) is 15.1 Å². The van der Waals surface area contributed by atoms with Gasteiger partial charge in [0.2, 0.25) is 11.8 Å². The van der Waals surface area contributed by atoms with Gasteiger partial charge in [-0.15, -0.1) is 0 Å². The SMILES string of the molecule is COC(=O)C(Cc1ccc2ccccc2c1)N1CCN(C(=O)C(Cc2ccc(F)cc2)NC(=O)OC(C)(C)C)C(CC2CC2)C1=O. The Balaban J connectivity index is 1.40. The van der Waals surface area contributed by atoms with Crippen LogP contribution in [-0.2, 0) is 36.7 Å². The molecule has 244 valence electrons. The van der Waals surface area contributed by atoms with Crippen molar-refractivity contribution in [3.8, 4) is 0 Å². The highest BCUT2D eigenvalue weighted by Crippen LogP contribution is 2.36. The van der Waals surface area contributed by atoms with Gasteiger partial charge in [0, 0.05) is 25.9 Å². The molecule has 3 atom stereocenters. The summed E-state index contributed by atoms with van der Waals surface area (Å²) in [6, 6.07) is 16.9. The number of ether oxygens (including phenoxy) is 2. The lowest BCUT2D eigenvalue weighted by molar-refractivity contribution is -0.162. The lowest BCUT2D eigenvalue weighted by Crippen LogP contribution is -2.65. The Morgan fingerprint density at radius 1 is 0.935 bits per heavy atom. The second-order valence-corrected chi connectivity index (χ2v) is 13.2. The molecule has 1 aliphatic heterocycles. The number of hydrogen-bond donors (Lipinski definition) is 1. The van der Waals surface area contributed by atoms with Crippen LogP contribution in [0.2, 0.25) is 0 Å². The zero-order chi connectivity index (χ0) is 33.0. The van der Waals surface area contributed by atoms with E-state index in [2.05, 4.69) is 5.32 Å². The van der Waals surface area contributed by atoms with Crippen LogP contribution in [0.3, 0.4) is 0 Å².